The van der Waals surface area contributed by atoms with Crippen molar-refractivity contribution in [1.82, 2.24) is 10.2 Å². The van der Waals surface area contributed by atoms with Crippen molar-refractivity contribution >= 4 is 39.9 Å². The van der Waals surface area contributed by atoms with Crippen molar-refractivity contribution in [3.8, 4) is 0 Å². The molecule has 0 spiro atoms. The molecule has 0 saturated heterocycles. The number of hydrogen-bond donors (Lipinski definition) is 2. The number of carbonyl (C=O) groups excluding carboxylic acids is 3. The van der Waals surface area contributed by atoms with Gasteiger partial charge in [-0.3, -0.25) is 14.9 Å². The molecule has 0 unspecified atom stereocenters. The van der Waals surface area contributed by atoms with Crippen LogP contribution in [0.4, 0.5) is 10.8 Å². The minimum atomic E-state index is -1.01. The summed E-state index contributed by atoms with van der Waals surface area (Å²) in [5.41, 5.74) is 0.400. The average molecular weight is 348 g/mol. The number of amides is 2. The molecule has 0 atom stereocenters. The first kappa shape index (κ1) is 17.5. The average Bonchev–Trinajstić information content (AvgIpc) is 3.03. The SMILES string of the molecule is CCOC(=O)C(=O)Nc1ccccc1C(=O)Nc1nnc(CC)s1. The fourth-order valence-corrected chi connectivity index (χ4v) is 2.45. The van der Waals surface area contributed by atoms with Crippen molar-refractivity contribution in [2.24, 2.45) is 0 Å². The fourth-order valence-electron chi connectivity index (χ4n) is 1.77. The number of nitrogens with zero attached hydrogens (tertiary/aromatic N) is 2. The van der Waals surface area contributed by atoms with Crippen molar-refractivity contribution in [3.05, 3.63) is 34.8 Å². The number of carbonyl (C=O) groups is 3. The number of aryl methyl sites for hydroxylation is 1. The highest BCUT2D eigenvalue weighted by Crippen LogP contribution is 2.20. The summed E-state index contributed by atoms with van der Waals surface area (Å²) in [6.07, 6.45) is 0.722. The molecule has 0 radical (unpaired) electrons. The highest BCUT2D eigenvalue weighted by Gasteiger charge is 2.19. The van der Waals surface area contributed by atoms with E-state index in [0.29, 0.717) is 5.13 Å². The van der Waals surface area contributed by atoms with E-state index in [2.05, 4.69) is 25.6 Å². The van der Waals surface area contributed by atoms with E-state index in [-0.39, 0.29) is 17.9 Å². The Balaban J connectivity index is 2.14. The summed E-state index contributed by atoms with van der Waals surface area (Å²) >= 11 is 1.27. The summed E-state index contributed by atoms with van der Waals surface area (Å²) in [5.74, 6) is -2.42. The van der Waals surface area contributed by atoms with E-state index >= 15 is 0 Å². The third-order valence-corrected chi connectivity index (χ3v) is 3.85. The van der Waals surface area contributed by atoms with Crippen molar-refractivity contribution in [2.45, 2.75) is 20.3 Å². The Morgan fingerprint density at radius 3 is 2.54 bits per heavy atom. The highest BCUT2D eigenvalue weighted by molar-refractivity contribution is 7.15. The van der Waals surface area contributed by atoms with Crippen LogP contribution in [0.25, 0.3) is 0 Å². The Kier molecular flexibility index (Phi) is 5.96. The summed E-state index contributed by atoms with van der Waals surface area (Å²) < 4.78 is 4.62. The lowest BCUT2D eigenvalue weighted by Crippen LogP contribution is -2.26. The summed E-state index contributed by atoms with van der Waals surface area (Å²) in [7, 11) is 0. The predicted molar refractivity (Wildman–Crippen MR) is 88.9 cm³/mol. The van der Waals surface area contributed by atoms with Gasteiger partial charge in [0, 0.05) is 0 Å². The third-order valence-electron chi connectivity index (χ3n) is 2.87. The van der Waals surface area contributed by atoms with Crippen LogP contribution in [0.3, 0.4) is 0 Å². The fraction of sp³-hybridized carbons (Fsp3) is 0.267. The first-order valence-electron chi connectivity index (χ1n) is 7.26. The molecule has 0 fully saturated rings. The van der Waals surface area contributed by atoms with Crippen LogP contribution < -0.4 is 10.6 Å². The van der Waals surface area contributed by atoms with Gasteiger partial charge in [0.05, 0.1) is 17.9 Å². The molecule has 0 bridgehead atoms. The molecule has 1 aromatic heterocycles. The van der Waals surface area contributed by atoms with E-state index in [1.165, 1.54) is 23.5 Å². The predicted octanol–water partition coefficient (Wildman–Crippen LogP) is 1.85. The topological polar surface area (TPSA) is 110 Å². The van der Waals surface area contributed by atoms with Crippen LogP contribution in [0, 0.1) is 0 Å². The van der Waals surface area contributed by atoms with Gasteiger partial charge < -0.3 is 10.1 Å². The highest BCUT2D eigenvalue weighted by atomic mass is 32.1. The second-order valence-corrected chi connectivity index (χ2v) is 5.59. The molecular weight excluding hydrogens is 332 g/mol. The number of benzene rings is 1. The number of nitrogens with one attached hydrogen (secondary N) is 2. The molecule has 0 aliphatic carbocycles. The van der Waals surface area contributed by atoms with Crippen LogP contribution in [-0.2, 0) is 20.7 Å². The summed E-state index contributed by atoms with van der Waals surface area (Å²) in [6.45, 7) is 3.62. The van der Waals surface area contributed by atoms with Crippen LogP contribution in [0.2, 0.25) is 0 Å². The zero-order chi connectivity index (χ0) is 17.5. The van der Waals surface area contributed by atoms with E-state index in [1.54, 1.807) is 19.1 Å². The zero-order valence-electron chi connectivity index (χ0n) is 13.2. The first-order chi connectivity index (χ1) is 11.5. The normalized spacial score (nSPS) is 10.1. The second kappa shape index (κ2) is 8.16. The van der Waals surface area contributed by atoms with Gasteiger partial charge in [0.1, 0.15) is 5.01 Å². The maximum absolute atomic E-state index is 12.4. The van der Waals surface area contributed by atoms with Crippen molar-refractivity contribution in [1.29, 1.82) is 0 Å². The van der Waals surface area contributed by atoms with E-state index in [1.807, 2.05) is 6.92 Å². The molecular formula is C15H16N4O4S. The smallest absolute Gasteiger partial charge is 0.397 e. The van der Waals surface area contributed by atoms with E-state index in [9.17, 15) is 14.4 Å². The number of ether oxygens (including phenoxy) is 1. The molecule has 2 amide bonds. The Morgan fingerprint density at radius 2 is 1.88 bits per heavy atom. The van der Waals surface area contributed by atoms with Crippen LogP contribution >= 0.6 is 11.3 Å². The Labute approximate surface area is 142 Å². The quantitative estimate of drug-likeness (QED) is 0.630. The molecule has 24 heavy (non-hydrogen) atoms. The van der Waals surface area contributed by atoms with Gasteiger partial charge in [0.15, 0.2) is 0 Å². The zero-order valence-corrected chi connectivity index (χ0v) is 14.0. The minimum Gasteiger partial charge on any atom is -0.459 e. The molecule has 126 valence electrons. The standard InChI is InChI=1S/C15H16N4O4S/c1-3-11-18-19-15(24-11)17-12(20)9-7-5-6-8-10(9)16-13(21)14(22)23-4-2/h5-8H,3-4H2,1-2H3,(H,16,21)(H,17,19,20). The molecule has 0 aliphatic rings. The molecule has 2 aromatic rings. The van der Waals surface area contributed by atoms with Gasteiger partial charge >= 0.3 is 11.9 Å². The monoisotopic (exact) mass is 348 g/mol. The Bertz CT molecular complexity index is 759. The molecule has 0 saturated carbocycles. The molecule has 2 N–H and O–H groups in total. The van der Waals surface area contributed by atoms with Gasteiger partial charge in [-0.25, -0.2) is 4.79 Å². The van der Waals surface area contributed by atoms with Crippen molar-refractivity contribution in [2.75, 3.05) is 17.2 Å². The summed E-state index contributed by atoms with van der Waals surface area (Å²) in [6, 6.07) is 6.33. The number of aromatic nitrogens is 2. The van der Waals surface area contributed by atoms with E-state index < -0.39 is 17.8 Å². The first-order valence-corrected chi connectivity index (χ1v) is 8.07. The van der Waals surface area contributed by atoms with Gasteiger partial charge in [0.2, 0.25) is 5.13 Å². The second-order valence-electron chi connectivity index (χ2n) is 4.53. The number of esters is 1. The molecule has 1 aromatic carbocycles. The number of para-hydroxylation sites is 1. The maximum Gasteiger partial charge on any atom is 0.397 e. The van der Waals surface area contributed by atoms with Crippen molar-refractivity contribution in [3.63, 3.8) is 0 Å². The molecule has 0 aliphatic heterocycles. The van der Waals surface area contributed by atoms with Gasteiger partial charge in [-0.05, 0) is 25.5 Å². The maximum atomic E-state index is 12.4. The van der Waals surface area contributed by atoms with Crippen LogP contribution in [0.5, 0.6) is 0 Å². The lowest BCUT2D eigenvalue weighted by molar-refractivity contribution is -0.152. The Hall–Kier alpha value is -2.81. The van der Waals surface area contributed by atoms with E-state index in [0.717, 1.165) is 11.4 Å². The van der Waals surface area contributed by atoms with E-state index in [4.69, 9.17) is 0 Å². The number of anilines is 2. The van der Waals surface area contributed by atoms with Gasteiger partial charge in [-0.2, -0.15) is 0 Å². The lowest BCUT2D eigenvalue weighted by Gasteiger charge is -2.09. The van der Waals surface area contributed by atoms with Gasteiger partial charge in [-0.1, -0.05) is 30.4 Å². The molecule has 9 heteroatoms. The van der Waals surface area contributed by atoms with Crippen LogP contribution in [-0.4, -0.2) is 34.6 Å². The van der Waals surface area contributed by atoms with Crippen molar-refractivity contribution < 1.29 is 19.1 Å². The van der Waals surface area contributed by atoms with Gasteiger partial charge in [-0.15, -0.1) is 10.2 Å². The largest absolute Gasteiger partial charge is 0.459 e. The molecule has 2 rings (SSSR count). The summed E-state index contributed by atoms with van der Waals surface area (Å²) in [4.78, 5) is 35.5. The Morgan fingerprint density at radius 1 is 1.12 bits per heavy atom. The molecule has 8 nitrogen and oxygen atoms in total. The van der Waals surface area contributed by atoms with Crippen LogP contribution in [0.15, 0.2) is 24.3 Å². The molecule has 1 heterocycles. The van der Waals surface area contributed by atoms with Gasteiger partial charge in [0.25, 0.3) is 5.91 Å². The summed E-state index contributed by atoms with van der Waals surface area (Å²) in [5, 5.41) is 13.9. The third kappa shape index (κ3) is 4.35. The number of hydrogen-bond acceptors (Lipinski definition) is 7. The van der Waals surface area contributed by atoms with Crippen LogP contribution in [0.1, 0.15) is 29.2 Å². The minimum absolute atomic E-state index is 0.0885. The number of rotatable bonds is 5. The lowest BCUT2D eigenvalue weighted by atomic mass is 10.1.